The number of pyridine rings is 1. The molecule has 4 N–H and O–H groups in total. The molecule has 0 aliphatic rings. The summed E-state index contributed by atoms with van der Waals surface area (Å²) in [6.45, 7) is 1.69. The van der Waals surface area contributed by atoms with Gasteiger partial charge in [0, 0.05) is 24.0 Å². The van der Waals surface area contributed by atoms with E-state index in [1.807, 2.05) is 0 Å². The zero-order chi connectivity index (χ0) is 14.0. The van der Waals surface area contributed by atoms with Gasteiger partial charge in [0.2, 0.25) is 0 Å². The number of anilines is 1. The van der Waals surface area contributed by atoms with E-state index in [2.05, 4.69) is 20.5 Å². The summed E-state index contributed by atoms with van der Waals surface area (Å²) in [6, 6.07) is 2.45. The first-order valence-electron chi connectivity index (χ1n) is 5.27. The van der Waals surface area contributed by atoms with Crippen molar-refractivity contribution in [3.8, 4) is 0 Å². The number of hydrogen-bond donors (Lipinski definition) is 4. The number of nitrogens with one attached hydrogen (secondary N) is 3. The third-order valence-corrected chi connectivity index (χ3v) is 2.35. The van der Waals surface area contributed by atoms with Crippen LogP contribution in [0.5, 0.6) is 0 Å². The van der Waals surface area contributed by atoms with Gasteiger partial charge in [-0.1, -0.05) is 0 Å². The summed E-state index contributed by atoms with van der Waals surface area (Å²) in [7, 11) is 0. The summed E-state index contributed by atoms with van der Waals surface area (Å²) in [5.74, 6) is -1.83. The molecule has 1 amide bonds. The number of aryl methyl sites for hydroxylation is 1. The van der Waals surface area contributed by atoms with E-state index >= 15 is 0 Å². The normalized spacial score (nSPS) is 10.2. The van der Waals surface area contributed by atoms with Crippen LogP contribution in [0, 0.1) is 6.92 Å². The average molecular weight is 262 g/mol. The Balaban J connectivity index is 2.20. The van der Waals surface area contributed by atoms with E-state index < -0.39 is 17.3 Å². The fourth-order valence-corrected chi connectivity index (χ4v) is 1.43. The number of carboxylic acids is 1. The molecule has 0 radical (unpaired) electrons. The molecule has 8 heteroatoms. The second-order valence-electron chi connectivity index (χ2n) is 3.82. The first-order chi connectivity index (χ1) is 8.97. The monoisotopic (exact) mass is 262 g/mol. The standard InChI is InChI=1S/C11H10N4O4/c1-5-2-8(16)6(4-12-5)10(17)13-9-3-7(11(18)19)14-15-9/h2-4H,1H3,(H,12,16)(H,18,19)(H2,13,14,15,17). The van der Waals surface area contributed by atoms with Crippen LogP contribution in [0.1, 0.15) is 26.5 Å². The number of aromatic amines is 2. The Morgan fingerprint density at radius 3 is 2.68 bits per heavy atom. The Kier molecular flexibility index (Phi) is 3.15. The lowest BCUT2D eigenvalue weighted by Gasteiger charge is -2.01. The molecule has 0 fully saturated rings. The first kappa shape index (κ1) is 12.6. The summed E-state index contributed by atoms with van der Waals surface area (Å²) >= 11 is 0. The fourth-order valence-electron chi connectivity index (χ4n) is 1.43. The molecule has 8 nitrogen and oxygen atoms in total. The maximum Gasteiger partial charge on any atom is 0.353 e. The number of aromatic nitrogens is 3. The summed E-state index contributed by atoms with van der Waals surface area (Å²) < 4.78 is 0. The molecular formula is C11H10N4O4. The lowest BCUT2D eigenvalue weighted by molar-refractivity contribution is 0.0690. The predicted molar refractivity (Wildman–Crippen MR) is 65.3 cm³/mol. The zero-order valence-electron chi connectivity index (χ0n) is 9.85. The van der Waals surface area contributed by atoms with Crippen molar-refractivity contribution in [3.05, 3.63) is 45.5 Å². The molecule has 2 aromatic rings. The minimum Gasteiger partial charge on any atom is -0.477 e. The summed E-state index contributed by atoms with van der Waals surface area (Å²) in [5.41, 5.74) is -0.0317. The number of carbonyl (C=O) groups is 2. The van der Waals surface area contributed by atoms with Crippen molar-refractivity contribution in [3.63, 3.8) is 0 Å². The van der Waals surface area contributed by atoms with E-state index in [0.29, 0.717) is 5.69 Å². The summed E-state index contributed by atoms with van der Waals surface area (Å²) in [6.07, 6.45) is 1.29. The number of rotatable bonds is 3. The number of amides is 1. The van der Waals surface area contributed by atoms with Crippen LogP contribution >= 0.6 is 0 Å². The molecule has 2 rings (SSSR count). The van der Waals surface area contributed by atoms with Gasteiger partial charge in [-0.2, -0.15) is 5.10 Å². The number of hydrogen-bond acceptors (Lipinski definition) is 4. The van der Waals surface area contributed by atoms with Crippen LogP contribution in [0.4, 0.5) is 5.82 Å². The van der Waals surface area contributed by atoms with Gasteiger partial charge in [0.05, 0.1) is 0 Å². The van der Waals surface area contributed by atoms with Crippen molar-refractivity contribution in [2.75, 3.05) is 5.32 Å². The van der Waals surface area contributed by atoms with E-state index in [1.165, 1.54) is 12.3 Å². The Bertz CT molecular complexity index is 701. The van der Waals surface area contributed by atoms with Gasteiger partial charge < -0.3 is 15.4 Å². The highest BCUT2D eigenvalue weighted by atomic mass is 16.4. The minimum absolute atomic E-state index is 0.0300. The maximum absolute atomic E-state index is 11.8. The number of H-pyrrole nitrogens is 2. The zero-order valence-corrected chi connectivity index (χ0v) is 9.85. The second-order valence-corrected chi connectivity index (χ2v) is 3.82. The van der Waals surface area contributed by atoms with E-state index in [0.717, 1.165) is 6.07 Å². The predicted octanol–water partition coefficient (Wildman–Crippen LogP) is 0.357. The Labute approximate surface area is 106 Å². The molecule has 0 aliphatic heterocycles. The number of aromatic carboxylic acids is 1. The van der Waals surface area contributed by atoms with Crippen LogP contribution < -0.4 is 10.7 Å². The molecule has 0 unspecified atom stereocenters. The van der Waals surface area contributed by atoms with Crippen LogP contribution in [0.2, 0.25) is 0 Å². The van der Waals surface area contributed by atoms with Crippen molar-refractivity contribution < 1.29 is 14.7 Å². The maximum atomic E-state index is 11.8. The minimum atomic E-state index is -1.19. The average Bonchev–Trinajstić information content (AvgIpc) is 2.77. The number of carbonyl (C=O) groups excluding carboxylic acids is 1. The largest absolute Gasteiger partial charge is 0.477 e. The SMILES string of the molecule is Cc1cc(=O)c(C(=O)Nc2cc(C(=O)O)[nH]n2)c[nH]1. The number of nitrogens with zero attached hydrogens (tertiary/aromatic N) is 1. The molecule has 0 aromatic carbocycles. The Morgan fingerprint density at radius 2 is 2.11 bits per heavy atom. The van der Waals surface area contributed by atoms with Crippen molar-refractivity contribution in [1.29, 1.82) is 0 Å². The van der Waals surface area contributed by atoms with Gasteiger partial charge >= 0.3 is 5.97 Å². The molecular weight excluding hydrogens is 252 g/mol. The molecule has 0 saturated heterocycles. The van der Waals surface area contributed by atoms with Crippen molar-refractivity contribution in [1.82, 2.24) is 15.2 Å². The summed E-state index contributed by atoms with van der Waals surface area (Å²) in [5, 5.41) is 16.8. The van der Waals surface area contributed by atoms with Crippen molar-refractivity contribution in [2.45, 2.75) is 6.92 Å². The Morgan fingerprint density at radius 1 is 1.37 bits per heavy atom. The van der Waals surface area contributed by atoms with E-state index in [1.54, 1.807) is 6.92 Å². The molecule has 2 aromatic heterocycles. The van der Waals surface area contributed by atoms with Gasteiger partial charge in [-0.3, -0.25) is 14.7 Å². The topological polar surface area (TPSA) is 128 Å². The molecule has 0 bridgehead atoms. The lowest BCUT2D eigenvalue weighted by atomic mass is 10.2. The Hall–Kier alpha value is -2.90. The highest BCUT2D eigenvalue weighted by Crippen LogP contribution is 2.06. The first-order valence-corrected chi connectivity index (χ1v) is 5.27. The van der Waals surface area contributed by atoms with E-state index in [-0.39, 0.29) is 17.1 Å². The van der Waals surface area contributed by atoms with Crippen LogP contribution in [-0.4, -0.2) is 32.2 Å². The van der Waals surface area contributed by atoms with E-state index in [9.17, 15) is 14.4 Å². The quantitative estimate of drug-likeness (QED) is 0.634. The van der Waals surface area contributed by atoms with Crippen LogP contribution in [-0.2, 0) is 0 Å². The summed E-state index contributed by atoms with van der Waals surface area (Å²) in [4.78, 5) is 36.7. The van der Waals surface area contributed by atoms with Gasteiger partial charge in [0.15, 0.2) is 11.2 Å². The smallest absolute Gasteiger partial charge is 0.353 e. The molecule has 19 heavy (non-hydrogen) atoms. The van der Waals surface area contributed by atoms with Gasteiger partial charge in [0.25, 0.3) is 5.91 Å². The third kappa shape index (κ3) is 2.68. The lowest BCUT2D eigenvalue weighted by Crippen LogP contribution is -2.21. The number of carboxylic acid groups (broad SMARTS) is 1. The molecule has 98 valence electrons. The second kappa shape index (κ2) is 4.77. The highest BCUT2D eigenvalue weighted by molar-refractivity contribution is 6.03. The molecule has 0 atom stereocenters. The van der Waals surface area contributed by atoms with Crippen LogP contribution in [0.15, 0.2) is 23.1 Å². The third-order valence-electron chi connectivity index (χ3n) is 2.35. The van der Waals surface area contributed by atoms with Crippen LogP contribution in [0.25, 0.3) is 0 Å². The van der Waals surface area contributed by atoms with Gasteiger partial charge in [-0.05, 0) is 6.92 Å². The molecule has 0 saturated carbocycles. The fraction of sp³-hybridized carbons (Fsp3) is 0.0909. The van der Waals surface area contributed by atoms with Gasteiger partial charge in [-0.15, -0.1) is 0 Å². The van der Waals surface area contributed by atoms with Crippen LogP contribution in [0.3, 0.4) is 0 Å². The van der Waals surface area contributed by atoms with Crippen molar-refractivity contribution in [2.24, 2.45) is 0 Å². The molecule has 0 aliphatic carbocycles. The molecule has 0 spiro atoms. The van der Waals surface area contributed by atoms with Gasteiger partial charge in [-0.25, -0.2) is 4.79 Å². The van der Waals surface area contributed by atoms with Crippen molar-refractivity contribution >= 4 is 17.7 Å². The van der Waals surface area contributed by atoms with Gasteiger partial charge in [0.1, 0.15) is 11.3 Å². The highest BCUT2D eigenvalue weighted by Gasteiger charge is 2.13. The molecule has 2 heterocycles. The van der Waals surface area contributed by atoms with E-state index in [4.69, 9.17) is 5.11 Å².